The number of hydrogen-bond donors (Lipinski definition) is 1. The Kier molecular flexibility index (Phi) is 6.84. The van der Waals surface area contributed by atoms with Gasteiger partial charge < -0.3 is 10.1 Å². The second kappa shape index (κ2) is 8.67. The molecule has 1 aliphatic rings. The minimum atomic E-state index is -3.24. The molecule has 25 heavy (non-hydrogen) atoms. The number of aryl methyl sites for hydroxylation is 1. The van der Waals surface area contributed by atoms with E-state index in [2.05, 4.69) is 5.32 Å². The van der Waals surface area contributed by atoms with Crippen LogP contribution in [0.15, 0.2) is 24.3 Å². The molecule has 0 aliphatic carbocycles. The molecule has 0 aromatic heterocycles. The van der Waals surface area contributed by atoms with Crippen LogP contribution in [-0.2, 0) is 14.8 Å². The van der Waals surface area contributed by atoms with Gasteiger partial charge in [-0.15, -0.1) is 0 Å². The SMILES string of the molecule is CCS(=O)(=O)N1CCCC(C(=O)NC(C)COc2ccccc2C)C1. The summed E-state index contributed by atoms with van der Waals surface area (Å²) in [5, 5.41) is 2.94. The van der Waals surface area contributed by atoms with Crippen molar-refractivity contribution in [2.75, 3.05) is 25.4 Å². The Morgan fingerprint density at radius 3 is 2.80 bits per heavy atom. The smallest absolute Gasteiger partial charge is 0.224 e. The third-order valence-electron chi connectivity index (χ3n) is 4.48. The van der Waals surface area contributed by atoms with Crippen LogP contribution in [0.25, 0.3) is 0 Å². The number of benzene rings is 1. The summed E-state index contributed by atoms with van der Waals surface area (Å²) in [4.78, 5) is 12.5. The number of carbonyl (C=O) groups excluding carboxylic acids is 1. The highest BCUT2D eigenvalue weighted by atomic mass is 32.2. The topological polar surface area (TPSA) is 75.7 Å². The maximum absolute atomic E-state index is 12.5. The standard InChI is InChI=1S/C18H28N2O4S/c1-4-25(22,23)20-11-7-9-16(12-20)18(21)19-15(3)13-24-17-10-6-5-8-14(17)2/h5-6,8,10,15-16H,4,7,9,11-13H2,1-3H3,(H,19,21). The van der Waals surface area contributed by atoms with E-state index < -0.39 is 10.0 Å². The molecule has 0 radical (unpaired) electrons. The normalized spacial score (nSPS) is 20.0. The molecule has 140 valence electrons. The van der Waals surface area contributed by atoms with Crippen LogP contribution in [0.5, 0.6) is 5.75 Å². The van der Waals surface area contributed by atoms with Crippen molar-refractivity contribution in [3.63, 3.8) is 0 Å². The van der Waals surface area contributed by atoms with Gasteiger partial charge >= 0.3 is 0 Å². The molecule has 2 rings (SSSR count). The van der Waals surface area contributed by atoms with Gasteiger partial charge in [0.25, 0.3) is 0 Å². The van der Waals surface area contributed by atoms with Gasteiger partial charge in [-0.25, -0.2) is 12.7 Å². The van der Waals surface area contributed by atoms with E-state index in [1.807, 2.05) is 38.1 Å². The van der Waals surface area contributed by atoms with E-state index in [4.69, 9.17) is 4.74 Å². The summed E-state index contributed by atoms with van der Waals surface area (Å²) >= 11 is 0. The van der Waals surface area contributed by atoms with E-state index in [0.717, 1.165) is 11.3 Å². The van der Waals surface area contributed by atoms with Crippen molar-refractivity contribution in [2.24, 2.45) is 5.92 Å². The maximum Gasteiger partial charge on any atom is 0.224 e. The number of amides is 1. The molecule has 6 nitrogen and oxygen atoms in total. The predicted octanol–water partition coefficient (Wildman–Crippen LogP) is 1.94. The van der Waals surface area contributed by atoms with E-state index in [1.54, 1.807) is 6.92 Å². The lowest BCUT2D eigenvalue weighted by Gasteiger charge is -2.31. The summed E-state index contributed by atoms with van der Waals surface area (Å²) in [5.41, 5.74) is 1.05. The number of carbonyl (C=O) groups is 1. The van der Waals surface area contributed by atoms with Crippen molar-refractivity contribution >= 4 is 15.9 Å². The molecular weight excluding hydrogens is 340 g/mol. The molecule has 0 saturated carbocycles. The molecule has 1 fully saturated rings. The molecule has 1 N–H and O–H groups in total. The van der Waals surface area contributed by atoms with Crippen molar-refractivity contribution < 1.29 is 17.9 Å². The average Bonchev–Trinajstić information content (AvgIpc) is 2.61. The van der Waals surface area contributed by atoms with E-state index >= 15 is 0 Å². The van der Waals surface area contributed by atoms with Gasteiger partial charge in [0.05, 0.1) is 17.7 Å². The van der Waals surface area contributed by atoms with Crippen molar-refractivity contribution in [1.29, 1.82) is 0 Å². The number of rotatable bonds is 7. The van der Waals surface area contributed by atoms with Gasteiger partial charge in [0.1, 0.15) is 12.4 Å². The number of nitrogens with zero attached hydrogens (tertiary/aromatic N) is 1. The molecule has 0 spiro atoms. The fraction of sp³-hybridized carbons (Fsp3) is 0.611. The van der Waals surface area contributed by atoms with Gasteiger partial charge in [-0.1, -0.05) is 18.2 Å². The molecule has 2 atom stereocenters. The lowest BCUT2D eigenvalue weighted by molar-refractivity contribution is -0.126. The molecular formula is C18H28N2O4S. The van der Waals surface area contributed by atoms with E-state index in [1.165, 1.54) is 4.31 Å². The first-order valence-electron chi connectivity index (χ1n) is 8.80. The highest BCUT2D eigenvalue weighted by molar-refractivity contribution is 7.89. The van der Waals surface area contributed by atoms with Crippen LogP contribution in [0.4, 0.5) is 0 Å². The molecule has 0 bridgehead atoms. The average molecular weight is 368 g/mol. The van der Waals surface area contributed by atoms with Gasteiger partial charge in [-0.3, -0.25) is 4.79 Å². The molecule has 2 unspecified atom stereocenters. The molecule has 1 amide bonds. The summed E-state index contributed by atoms with van der Waals surface area (Å²) in [5.74, 6) is 0.483. The lowest BCUT2D eigenvalue weighted by atomic mass is 9.98. The predicted molar refractivity (Wildman–Crippen MR) is 98.0 cm³/mol. The molecule has 7 heteroatoms. The van der Waals surface area contributed by atoms with Crippen molar-refractivity contribution in [3.8, 4) is 5.75 Å². The molecule has 1 heterocycles. The Morgan fingerprint density at radius 2 is 2.12 bits per heavy atom. The molecule has 1 aromatic carbocycles. The first kappa shape index (κ1) is 19.7. The highest BCUT2D eigenvalue weighted by Crippen LogP contribution is 2.20. The van der Waals surface area contributed by atoms with E-state index in [9.17, 15) is 13.2 Å². The minimum Gasteiger partial charge on any atom is -0.491 e. The van der Waals surface area contributed by atoms with Gasteiger partial charge in [0, 0.05) is 13.1 Å². The van der Waals surface area contributed by atoms with Crippen LogP contribution in [0.2, 0.25) is 0 Å². The van der Waals surface area contributed by atoms with Crippen molar-refractivity contribution in [2.45, 2.75) is 39.7 Å². The highest BCUT2D eigenvalue weighted by Gasteiger charge is 2.31. The second-order valence-corrected chi connectivity index (χ2v) is 8.84. The number of para-hydroxylation sites is 1. The van der Waals surface area contributed by atoms with Crippen molar-refractivity contribution in [1.82, 2.24) is 9.62 Å². The summed E-state index contributed by atoms with van der Waals surface area (Å²) in [6.45, 7) is 6.65. The van der Waals surface area contributed by atoms with Crippen LogP contribution in [-0.4, -0.2) is 50.1 Å². The van der Waals surface area contributed by atoms with Gasteiger partial charge in [0.15, 0.2) is 0 Å². The Labute approximate surface area is 150 Å². The zero-order valence-corrected chi connectivity index (χ0v) is 16.0. The van der Waals surface area contributed by atoms with Gasteiger partial charge in [-0.05, 0) is 45.2 Å². The second-order valence-electron chi connectivity index (χ2n) is 6.58. The Bertz CT molecular complexity index is 690. The minimum absolute atomic E-state index is 0.0714. The fourth-order valence-corrected chi connectivity index (χ4v) is 4.11. The first-order chi connectivity index (χ1) is 11.8. The van der Waals surface area contributed by atoms with Crippen LogP contribution >= 0.6 is 0 Å². The van der Waals surface area contributed by atoms with Crippen LogP contribution in [0.3, 0.4) is 0 Å². The van der Waals surface area contributed by atoms with Crippen LogP contribution < -0.4 is 10.1 Å². The fourth-order valence-electron chi connectivity index (χ4n) is 2.93. The molecule has 1 saturated heterocycles. The Morgan fingerprint density at radius 1 is 1.40 bits per heavy atom. The largest absolute Gasteiger partial charge is 0.491 e. The number of piperidine rings is 1. The van der Waals surface area contributed by atoms with Crippen LogP contribution in [0.1, 0.15) is 32.3 Å². The zero-order chi connectivity index (χ0) is 18.4. The van der Waals surface area contributed by atoms with Gasteiger partial charge in [0.2, 0.25) is 15.9 Å². The maximum atomic E-state index is 12.5. The zero-order valence-electron chi connectivity index (χ0n) is 15.2. The number of nitrogens with one attached hydrogen (secondary N) is 1. The first-order valence-corrected chi connectivity index (χ1v) is 10.4. The van der Waals surface area contributed by atoms with E-state index in [-0.39, 0.29) is 30.2 Å². The van der Waals surface area contributed by atoms with Crippen molar-refractivity contribution in [3.05, 3.63) is 29.8 Å². The summed E-state index contributed by atoms with van der Waals surface area (Å²) in [6.07, 6.45) is 1.43. The third kappa shape index (κ3) is 5.44. The lowest BCUT2D eigenvalue weighted by Crippen LogP contribution is -2.48. The summed E-state index contributed by atoms with van der Waals surface area (Å²) < 4.78 is 31.2. The Balaban J connectivity index is 1.85. The van der Waals surface area contributed by atoms with Gasteiger partial charge in [-0.2, -0.15) is 0 Å². The quantitative estimate of drug-likeness (QED) is 0.798. The van der Waals surface area contributed by atoms with Crippen LogP contribution in [0, 0.1) is 12.8 Å². The van der Waals surface area contributed by atoms with E-state index in [0.29, 0.717) is 26.0 Å². The third-order valence-corrected chi connectivity index (χ3v) is 6.33. The summed E-state index contributed by atoms with van der Waals surface area (Å²) in [7, 11) is -3.24. The Hall–Kier alpha value is -1.60. The molecule has 1 aromatic rings. The number of ether oxygens (including phenoxy) is 1. The number of sulfonamides is 1. The monoisotopic (exact) mass is 368 g/mol. The summed E-state index contributed by atoms with van der Waals surface area (Å²) in [6, 6.07) is 7.59. The molecule has 1 aliphatic heterocycles. The number of hydrogen-bond acceptors (Lipinski definition) is 4.